The van der Waals surface area contributed by atoms with E-state index >= 15 is 0 Å². The van der Waals surface area contributed by atoms with Gasteiger partial charge in [-0.3, -0.25) is 4.99 Å². The van der Waals surface area contributed by atoms with Crippen molar-refractivity contribution in [2.24, 2.45) is 10.9 Å². The molecular formula is C11H21N. The SMILES string of the molecule is CCCC(C)/C=C(/C)C=NCC. The van der Waals surface area contributed by atoms with Crippen molar-refractivity contribution in [2.75, 3.05) is 6.54 Å². The van der Waals surface area contributed by atoms with Gasteiger partial charge in [0.05, 0.1) is 0 Å². The monoisotopic (exact) mass is 167 g/mol. The summed E-state index contributed by atoms with van der Waals surface area (Å²) in [5.74, 6) is 0.693. The molecule has 1 nitrogen and oxygen atoms in total. The minimum atomic E-state index is 0.693. The fraction of sp³-hybridized carbons (Fsp3) is 0.727. The molecule has 0 rings (SSSR count). The molecule has 0 amide bonds. The molecule has 1 atom stereocenters. The predicted molar refractivity (Wildman–Crippen MR) is 56.9 cm³/mol. The van der Waals surface area contributed by atoms with Crippen LogP contribution in [-0.4, -0.2) is 12.8 Å². The van der Waals surface area contributed by atoms with Crippen molar-refractivity contribution in [3.05, 3.63) is 11.6 Å². The summed E-state index contributed by atoms with van der Waals surface area (Å²) in [6, 6.07) is 0. The summed E-state index contributed by atoms with van der Waals surface area (Å²) in [5.41, 5.74) is 1.29. The van der Waals surface area contributed by atoms with Crippen LogP contribution >= 0.6 is 0 Å². The molecule has 0 aromatic heterocycles. The van der Waals surface area contributed by atoms with Gasteiger partial charge in [-0.15, -0.1) is 0 Å². The smallest absolute Gasteiger partial charge is 0.0361 e. The van der Waals surface area contributed by atoms with Crippen molar-refractivity contribution >= 4 is 6.21 Å². The Balaban J connectivity index is 3.88. The molecule has 0 spiro atoms. The summed E-state index contributed by atoms with van der Waals surface area (Å²) in [6.45, 7) is 9.53. The maximum Gasteiger partial charge on any atom is 0.0361 e. The van der Waals surface area contributed by atoms with E-state index in [4.69, 9.17) is 0 Å². The zero-order valence-corrected chi connectivity index (χ0v) is 8.80. The highest BCUT2D eigenvalue weighted by Gasteiger charge is 1.94. The first kappa shape index (κ1) is 11.4. The Morgan fingerprint density at radius 3 is 2.58 bits per heavy atom. The average Bonchev–Trinajstić information content (AvgIpc) is 2.01. The van der Waals surface area contributed by atoms with Crippen LogP contribution in [0.3, 0.4) is 0 Å². The van der Waals surface area contributed by atoms with Crippen LogP contribution in [-0.2, 0) is 0 Å². The van der Waals surface area contributed by atoms with Gasteiger partial charge in [0.15, 0.2) is 0 Å². The Labute approximate surface area is 76.6 Å². The van der Waals surface area contributed by atoms with Gasteiger partial charge in [-0.2, -0.15) is 0 Å². The third kappa shape index (κ3) is 6.14. The molecule has 0 fully saturated rings. The number of hydrogen-bond acceptors (Lipinski definition) is 1. The van der Waals surface area contributed by atoms with E-state index in [1.807, 2.05) is 6.21 Å². The molecule has 0 aliphatic rings. The molecule has 12 heavy (non-hydrogen) atoms. The van der Waals surface area contributed by atoms with Crippen LogP contribution in [0.15, 0.2) is 16.6 Å². The van der Waals surface area contributed by atoms with Crippen LogP contribution in [0.5, 0.6) is 0 Å². The number of allylic oxidation sites excluding steroid dienone is 2. The summed E-state index contributed by atoms with van der Waals surface area (Å²) in [7, 11) is 0. The van der Waals surface area contributed by atoms with Gasteiger partial charge in [0.1, 0.15) is 0 Å². The van der Waals surface area contributed by atoms with Gasteiger partial charge in [-0.1, -0.05) is 26.3 Å². The Hall–Kier alpha value is -0.590. The van der Waals surface area contributed by atoms with E-state index in [-0.39, 0.29) is 0 Å². The third-order valence-electron chi connectivity index (χ3n) is 1.77. The zero-order chi connectivity index (χ0) is 9.40. The lowest BCUT2D eigenvalue weighted by atomic mass is 10.0. The van der Waals surface area contributed by atoms with E-state index < -0.39 is 0 Å². The summed E-state index contributed by atoms with van der Waals surface area (Å²) in [4.78, 5) is 4.19. The second-order valence-corrected chi connectivity index (χ2v) is 3.30. The summed E-state index contributed by atoms with van der Waals surface area (Å²) < 4.78 is 0. The summed E-state index contributed by atoms with van der Waals surface area (Å²) in [6.07, 6.45) is 6.79. The number of aliphatic imine (C=N–C) groups is 1. The van der Waals surface area contributed by atoms with E-state index in [2.05, 4.69) is 38.8 Å². The van der Waals surface area contributed by atoms with Crippen LogP contribution in [0.4, 0.5) is 0 Å². The molecule has 0 saturated carbocycles. The third-order valence-corrected chi connectivity index (χ3v) is 1.77. The fourth-order valence-corrected chi connectivity index (χ4v) is 1.27. The van der Waals surface area contributed by atoms with Crippen LogP contribution in [0.25, 0.3) is 0 Å². The van der Waals surface area contributed by atoms with E-state index in [0.29, 0.717) is 5.92 Å². The largest absolute Gasteiger partial charge is 0.293 e. The Morgan fingerprint density at radius 1 is 1.42 bits per heavy atom. The van der Waals surface area contributed by atoms with Crippen molar-refractivity contribution in [1.82, 2.24) is 0 Å². The molecule has 1 heteroatoms. The van der Waals surface area contributed by atoms with Crippen LogP contribution < -0.4 is 0 Å². The molecule has 70 valence electrons. The van der Waals surface area contributed by atoms with Gasteiger partial charge in [-0.25, -0.2) is 0 Å². The molecule has 0 radical (unpaired) electrons. The normalized spacial score (nSPS) is 15.5. The van der Waals surface area contributed by atoms with Crippen LogP contribution in [0.1, 0.15) is 40.5 Å². The predicted octanol–water partition coefficient (Wildman–Crippen LogP) is 3.46. The zero-order valence-electron chi connectivity index (χ0n) is 8.80. The Bertz CT molecular complexity index is 156. The van der Waals surface area contributed by atoms with Gasteiger partial charge in [0.2, 0.25) is 0 Å². The fourth-order valence-electron chi connectivity index (χ4n) is 1.27. The molecule has 0 aromatic carbocycles. The average molecular weight is 167 g/mol. The molecule has 0 bridgehead atoms. The maximum atomic E-state index is 4.19. The highest BCUT2D eigenvalue weighted by atomic mass is 14.7. The van der Waals surface area contributed by atoms with Crippen molar-refractivity contribution in [2.45, 2.75) is 40.5 Å². The maximum absolute atomic E-state index is 4.19. The van der Waals surface area contributed by atoms with E-state index in [1.54, 1.807) is 0 Å². The van der Waals surface area contributed by atoms with E-state index in [0.717, 1.165) is 6.54 Å². The lowest BCUT2D eigenvalue weighted by Crippen LogP contribution is -1.91. The highest BCUT2D eigenvalue weighted by Crippen LogP contribution is 2.08. The summed E-state index contributed by atoms with van der Waals surface area (Å²) in [5, 5.41) is 0. The number of rotatable bonds is 5. The standard InChI is InChI=1S/C11H21N/c1-5-7-10(3)8-11(4)9-12-6-2/h8-10H,5-7H2,1-4H3/b11-8-,12-9?. The minimum absolute atomic E-state index is 0.693. The topological polar surface area (TPSA) is 12.4 Å². The number of hydrogen-bond donors (Lipinski definition) is 0. The molecule has 0 aliphatic carbocycles. The summed E-state index contributed by atoms with van der Waals surface area (Å²) >= 11 is 0. The molecule has 0 N–H and O–H groups in total. The van der Waals surface area contributed by atoms with Crippen molar-refractivity contribution in [3.63, 3.8) is 0 Å². The first-order valence-corrected chi connectivity index (χ1v) is 4.88. The van der Waals surface area contributed by atoms with Gasteiger partial charge < -0.3 is 0 Å². The van der Waals surface area contributed by atoms with Crippen molar-refractivity contribution in [1.29, 1.82) is 0 Å². The lowest BCUT2D eigenvalue weighted by Gasteiger charge is -2.03. The second kappa shape index (κ2) is 7.08. The number of nitrogens with zero attached hydrogens (tertiary/aromatic N) is 1. The minimum Gasteiger partial charge on any atom is -0.293 e. The van der Waals surface area contributed by atoms with Crippen LogP contribution in [0.2, 0.25) is 0 Å². The molecule has 1 unspecified atom stereocenters. The van der Waals surface area contributed by atoms with E-state index in [9.17, 15) is 0 Å². The second-order valence-electron chi connectivity index (χ2n) is 3.30. The molecule has 0 saturated heterocycles. The Morgan fingerprint density at radius 2 is 2.08 bits per heavy atom. The van der Waals surface area contributed by atoms with E-state index in [1.165, 1.54) is 18.4 Å². The van der Waals surface area contributed by atoms with Gasteiger partial charge in [0, 0.05) is 12.8 Å². The quantitative estimate of drug-likeness (QED) is 0.556. The molecule has 0 aromatic rings. The Kier molecular flexibility index (Phi) is 6.73. The van der Waals surface area contributed by atoms with Crippen LogP contribution in [0, 0.1) is 5.92 Å². The first-order valence-electron chi connectivity index (χ1n) is 4.88. The lowest BCUT2D eigenvalue weighted by molar-refractivity contribution is 0.632. The first-order chi connectivity index (χ1) is 5.70. The molecule has 0 heterocycles. The van der Waals surface area contributed by atoms with Gasteiger partial charge in [-0.05, 0) is 31.8 Å². The van der Waals surface area contributed by atoms with Crippen molar-refractivity contribution < 1.29 is 0 Å². The van der Waals surface area contributed by atoms with Gasteiger partial charge >= 0.3 is 0 Å². The highest BCUT2D eigenvalue weighted by molar-refractivity contribution is 5.77. The van der Waals surface area contributed by atoms with Gasteiger partial charge in [0.25, 0.3) is 0 Å². The van der Waals surface area contributed by atoms with Crippen molar-refractivity contribution in [3.8, 4) is 0 Å². The molecular weight excluding hydrogens is 146 g/mol. The molecule has 0 aliphatic heterocycles.